The Hall–Kier alpha value is -2.70. The fraction of sp³-hybridized carbons (Fsp3) is 0.474. The number of fused-ring (bicyclic) bond motifs is 1. The molecule has 0 spiro atoms. The molecule has 2 fully saturated rings. The second-order valence-electron chi connectivity index (χ2n) is 7.22. The second-order valence-corrected chi connectivity index (χ2v) is 7.22. The Morgan fingerprint density at radius 3 is 2.81 bits per heavy atom. The summed E-state index contributed by atoms with van der Waals surface area (Å²) in [6, 6.07) is 4.47. The molecule has 0 bridgehead atoms. The van der Waals surface area contributed by atoms with Crippen LogP contribution in [-0.2, 0) is 0 Å². The molecule has 7 nitrogen and oxygen atoms in total. The van der Waals surface area contributed by atoms with Crippen molar-refractivity contribution in [1.29, 1.82) is 0 Å². The maximum Gasteiger partial charge on any atom is 0.316 e. The Kier molecular flexibility index (Phi) is 3.92. The second kappa shape index (κ2) is 6.55. The molecule has 0 amide bonds. The number of aromatic nitrogens is 5. The molecule has 134 valence electrons. The zero-order chi connectivity index (χ0) is 17.3. The van der Waals surface area contributed by atoms with Crippen molar-refractivity contribution in [2.24, 2.45) is 5.92 Å². The molecule has 2 aliphatic rings. The molecule has 0 aromatic carbocycles. The molecule has 3 aromatic heterocycles. The molecule has 1 saturated carbocycles. The van der Waals surface area contributed by atoms with Crippen LogP contribution in [-0.4, -0.2) is 44.3 Å². The molecular formula is C19H22N6O. The minimum atomic E-state index is 0.445. The standard InChI is InChI=1S/C19H22N6O/c1-3-14(13-26-19-21-6-2-7-22-19)12-24(9-1)18-17-11-16(15-4-5-15)23-25(17)10-8-20-18/h2,6-8,10-11,14-15H,1,3-5,9,12-13H2. The SMILES string of the molecule is c1cnc(OCC2CCCN(c3nccn4nc(C5CC5)cc34)C2)nc1. The zero-order valence-corrected chi connectivity index (χ0v) is 14.7. The predicted molar refractivity (Wildman–Crippen MR) is 97.4 cm³/mol. The number of ether oxygens (including phenoxy) is 1. The van der Waals surface area contributed by atoms with Crippen LogP contribution in [0.25, 0.3) is 5.52 Å². The number of hydrogen-bond acceptors (Lipinski definition) is 6. The van der Waals surface area contributed by atoms with Gasteiger partial charge in [-0.25, -0.2) is 19.5 Å². The Morgan fingerprint density at radius 2 is 1.96 bits per heavy atom. The third kappa shape index (κ3) is 3.09. The molecule has 1 atom stereocenters. The smallest absolute Gasteiger partial charge is 0.316 e. The van der Waals surface area contributed by atoms with Gasteiger partial charge in [0, 0.05) is 49.7 Å². The number of piperidine rings is 1. The van der Waals surface area contributed by atoms with E-state index in [4.69, 9.17) is 9.84 Å². The van der Waals surface area contributed by atoms with Crippen molar-refractivity contribution >= 4 is 11.3 Å². The third-order valence-corrected chi connectivity index (χ3v) is 5.19. The fourth-order valence-electron chi connectivity index (χ4n) is 3.70. The summed E-state index contributed by atoms with van der Waals surface area (Å²) in [6.07, 6.45) is 12.0. The van der Waals surface area contributed by atoms with E-state index in [0.29, 0.717) is 24.5 Å². The molecule has 4 heterocycles. The minimum Gasteiger partial charge on any atom is -0.463 e. The molecule has 7 heteroatoms. The van der Waals surface area contributed by atoms with E-state index in [0.717, 1.165) is 37.3 Å². The van der Waals surface area contributed by atoms with Crippen molar-refractivity contribution in [3.63, 3.8) is 0 Å². The van der Waals surface area contributed by atoms with Gasteiger partial charge in [-0.3, -0.25) is 0 Å². The van der Waals surface area contributed by atoms with Crippen LogP contribution < -0.4 is 9.64 Å². The molecule has 1 aliphatic heterocycles. The first-order valence-corrected chi connectivity index (χ1v) is 9.36. The summed E-state index contributed by atoms with van der Waals surface area (Å²) in [7, 11) is 0. The van der Waals surface area contributed by atoms with Gasteiger partial charge >= 0.3 is 6.01 Å². The van der Waals surface area contributed by atoms with E-state index in [1.54, 1.807) is 18.5 Å². The lowest BCUT2D eigenvalue weighted by molar-refractivity contribution is 0.214. The van der Waals surface area contributed by atoms with Crippen LogP contribution in [0.5, 0.6) is 6.01 Å². The number of anilines is 1. The first kappa shape index (κ1) is 15.5. The van der Waals surface area contributed by atoms with Gasteiger partial charge in [-0.1, -0.05) is 0 Å². The van der Waals surface area contributed by atoms with Crippen molar-refractivity contribution in [3.05, 3.63) is 42.6 Å². The van der Waals surface area contributed by atoms with Gasteiger partial charge in [0.2, 0.25) is 0 Å². The van der Waals surface area contributed by atoms with Crippen LogP contribution in [0.3, 0.4) is 0 Å². The third-order valence-electron chi connectivity index (χ3n) is 5.19. The molecule has 3 aromatic rings. The molecule has 0 radical (unpaired) electrons. The first-order chi connectivity index (χ1) is 12.9. The molecule has 1 unspecified atom stereocenters. The average molecular weight is 350 g/mol. The van der Waals surface area contributed by atoms with Gasteiger partial charge in [-0.2, -0.15) is 5.10 Å². The summed E-state index contributed by atoms with van der Waals surface area (Å²) < 4.78 is 7.75. The van der Waals surface area contributed by atoms with Gasteiger partial charge in [0.25, 0.3) is 0 Å². The van der Waals surface area contributed by atoms with E-state index in [1.165, 1.54) is 18.5 Å². The molecule has 26 heavy (non-hydrogen) atoms. The van der Waals surface area contributed by atoms with Crippen molar-refractivity contribution in [2.75, 3.05) is 24.6 Å². The van der Waals surface area contributed by atoms with E-state index < -0.39 is 0 Å². The highest BCUT2D eigenvalue weighted by molar-refractivity contribution is 5.69. The highest BCUT2D eigenvalue weighted by Gasteiger charge is 2.28. The zero-order valence-electron chi connectivity index (χ0n) is 14.7. The maximum atomic E-state index is 5.77. The van der Waals surface area contributed by atoms with Crippen LogP contribution in [0.4, 0.5) is 5.82 Å². The fourth-order valence-corrected chi connectivity index (χ4v) is 3.70. The average Bonchev–Trinajstić information content (AvgIpc) is 3.45. The van der Waals surface area contributed by atoms with Gasteiger partial charge < -0.3 is 9.64 Å². The van der Waals surface area contributed by atoms with E-state index in [2.05, 4.69) is 25.9 Å². The van der Waals surface area contributed by atoms with E-state index in [9.17, 15) is 0 Å². The van der Waals surface area contributed by atoms with E-state index >= 15 is 0 Å². The van der Waals surface area contributed by atoms with Gasteiger partial charge in [0.05, 0.1) is 12.3 Å². The van der Waals surface area contributed by atoms with Crippen molar-refractivity contribution < 1.29 is 4.74 Å². The van der Waals surface area contributed by atoms with Crippen LogP contribution in [0.1, 0.15) is 37.3 Å². The van der Waals surface area contributed by atoms with Crippen LogP contribution in [0.2, 0.25) is 0 Å². The van der Waals surface area contributed by atoms with Gasteiger partial charge in [-0.05, 0) is 37.8 Å². The minimum absolute atomic E-state index is 0.445. The maximum absolute atomic E-state index is 5.77. The molecule has 1 saturated heterocycles. The summed E-state index contributed by atoms with van der Waals surface area (Å²) >= 11 is 0. The predicted octanol–water partition coefficient (Wildman–Crippen LogP) is 2.69. The lowest BCUT2D eigenvalue weighted by Crippen LogP contribution is -2.38. The normalized spacial score (nSPS) is 20.5. The summed E-state index contributed by atoms with van der Waals surface area (Å²) in [5, 5.41) is 4.73. The molecular weight excluding hydrogens is 328 g/mol. The monoisotopic (exact) mass is 350 g/mol. The Bertz CT molecular complexity index is 891. The number of rotatable bonds is 5. The first-order valence-electron chi connectivity index (χ1n) is 9.36. The lowest BCUT2D eigenvalue weighted by atomic mass is 9.99. The number of hydrogen-bond donors (Lipinski definition) is 0. The van der Waals surface area contributed by atoms with Crippen molar-refractivity contribution in [3.8, 4) is 6.01 Å². The lowest BCUT2D eigenvalue weighted by Gasteiger charge is -2.33. The van der Waals surface area contributed by atoms with Gasteiger partial charge in [-0.15, -0.1) is 0 Å². The number of nitrogens with zero attached hydrogens (tertiary/aromatic N) is 6. The summed E-state index contributed by atoms with van der Waals surface area (Å²) in [5.41, 5.74) is 2.32. The largest absolute Gasteiger partial charge is 0.463 e. The van der Waals surface area contributed by atoms with Crippen molar-refractivity contribution in [2.45, 2.75) is 31.6 Å². The Labute approximate surface area is 152 Å². The summed E-state index contributed by atoms with van der Waals surface area (Å²) in [5.74, 6) is 2.13. The Balaban J connectivity index is 1.32. The highest BCUT2D eigenvalue weighted by atomic mass is 16.5. The van der Waals surface area contributed by atoms with Gasteiger partial charge in [0.1, 0.15) is 5.52 Å². The Morgan fingerprint density at radius 1 is 1.08 bits per heavy atom. The summed E-state index contributed by atoms with van der Waals surface area (Å²) in [4.78, 5) is 15.3. The van der Waals surface area contributed by atoms with E-state index in [-0.39, 0.29) is 0 Å². The highest BCUT2D eigenvalue weighted by Crippen LogP contribution is 2.40. The quantitative estimate of drug-likeness (QED) is 0.705. The van der Waals surface area contributed by atoms with Gasteiger partial charge in [0.15, 0.2) is 5.82 Å². The topological polar surface area (TPSA) is 68.4 Å². The van der Waals surface area contributed by atoms with Crippen LogP contribution >= 0.6 is 0 Å². The van der Waals surface area contributed by atoms with Crippen molar-refractivity contribution in [1.82, 2.24) is 24.6 Å². The molecule has 1 aliphatic carbocycles. The molecule has 5 rings (SSSR count). The molecule has 0 N–H and O–H groups in total. The summed E-state index contributed by atoms with van der Waals surface area (Å²) in [6.45, 7) is 2.59. The van der Waals surface area contributed by atoms with Crippen LogP contribution in [0.15, 0.2) is 36.9 Å². The van der Waals surface area contributed by atoms with E-state index in [1.807, 2.05) is 16.9 Å². The van der Waals surface area contributed by atoms with Crippen LogP contribution in [0, 0.1) is 5.92 Å².